The molecule has 25 heavy (non-hydrogen) atoms. The Bertz CT molecular complexity index is 843. The third kappa shape index (κ3) is 3.96. The van der Waals surface area contributed by atoms with E-state index in [-0.39, 0.29) is 5.91 Å². The number of aryl methyl sites for hydroxylation is 1. The third-order valence-corrected chi connectivity index (χ3v) is 4.23. The van der Waals surface area contributed by atoms with Crippen LogP contribution in [0.25, 0.3) is 11.0 Å². The van der Waals surface area contributed by atoms with E-state index in [0.717, 1.165) is 30.5 Å². The number of benzene rings is 2. The molecule has 1 N–H and O–H groups in total. The summed E-state index contributed by atoms with van der Waals surface area (Å²) in [7, 11) is 2.06. The van der Waals surface area contributed by atoms with Crippen molar-refractivity contribution in [3.05, 3.63) is 54.1 Å². The molecule has 0 radical (unpaired) electrons. The van der Waals surface area contributed by atoms with Crippen LogP contribution in [0.3, 0.4) is 0 Å². The maximum Gasteiger partial charge on any atom is 0.251 e. The Labute approximate surface area is 147 Å². The summed E-state index contributed by atoms with van der Waals surface area (Å²) in [4.78, 5) is 14.5. The quantitative estimate of drug-likeness (QED) is 0.673. The molecule has 0 bridgehead atoms. The molecule has 0 aliphatic heterocycles. The number of carbonyl (C=O) groups excluding carboxylic acids is 1. The molecule has 0 saturated heterocycles. The van der Waals surface area contributed by atoms with Gasteiger partial charge in [0.2, 0.25) is 0 Å². The molecule has 0 saturated carbocycles. The van der Waals surface area contributed by atoms with Crippen LogP contribution in [0, 0.1) is 0 Å². The fourth-order valence-electron chi connectivity index (χ4n) is 2.78. The van der Waals surface area contributed by atoms with Gasteiger partial charge in [-0.05, 0) is 43.7 Å². The van der Waals surface area contributed by atoms with Gasteiger partial charge in [-0.15, -0.1) is 5.10 Å². The average Bonchev–Trinajstić information content (AvgIpc) is 3.07. The van der Waals surface area contributed by atoms with Crippen LogP contribution in [0.15, 0.2) is 48.5 Å². The maximum absolute atomic E-state index is 12.3. The number of nitrogens with zero attached hydrogens (tertiary/aromatic N) is 4. The minimum Gasteiger partial charge on any atom is -0.375 e. The monoisotopic (exact) mass is 337 g/mol. The number of hydrogen-bond acceptors (Lipinski definition) is 4. The van der Waals surface area contributed by atoms with E-state index in [1.165, 1.54) is 5.69 Å². The van der Waals surface area contributed by atoms with Crippen LogP contribution >= 0.6 is 0 Å². The SMILES string of the molecule is CCn1nnc2cc(C(=O)NCCCN(C)c3ccccc3)ccc21. The number of para-hydroxylation sites is 1. The van der Waals surface area contributed by atoms with Gasteiger partial charge in [0.15, 0.2) is 0 Å². The van der Waals surface area contributed by atoms with Gasteiger partial charge in [-0.2, -0.15) is 0 Å². The van der Waals surface area contributed by atoms with Crippen LogP contribution in [-0.4, -0.2) is 41.0 Å². The molecule has 3 aromatic rings. The smallest absolute Gasteiger partial charge is 0.251 e. The van der Waals surface area contributed by atoms with Gasteiger partial charge >= 0.3 is 0 Å². The number of anilines is 1. The summed E-state index contributed by atoms with van der Waals surface area (Å²) >= 11 is 0. The van der Waals surface area contributed by atoms with Gasteiger partial charge in [0.1, 0.15) is 5.52 Å². The van der Waals surface area contributed by atoms with E-state index in [1.54, 1.807) is 6.07 Å². The summed E-state index contributed by atoms with van der Waals surface area (Å²) in [6.07, 6.45) is 0.880. The second kappa shape index (κ2) is 7.79. The van der Waals surface area contributed by atoms with E-state index in [0.29, 0.717) is 12.1 Å². The van der Waals surface area contributed by atoms with Crippen LogP contribution in [-0.2, 0) is 6.54 Å². The lowest BCUT2D eigenvalue weighted by Gasteiger charge is -2.19. The second-order valence-electron chi connectivity index (χ2n) is 5.98. The number of aromatic nitrogens is 3. The highest BCUT2D eigenvalue weighted by atomic mass is 16.1. The standard InChI is InChI=1S/C19H23N5O/c1-3-24-18-11-10-15(14-17(18)21-22-24)19(25)20-12-7-13-23(2)16-8-5-4-6-9-16/h4-6,8-11,14H,3,7,12-13H2,1-2H3,(H,20,25). The molecule has 3 rings (SSSR count). The highest BCUT2D eigenvalue weighted by Crippen LogP contribution is 2.14. The summed E-state index contributed by atoms with van der Waals surface area (Å²) in [5.74, 6) is -0.0738. The van der Waals surface area contributed by atoms with Crippen LogP contribution in [0.2, 0.25) is 0 Å². The number of amides is 1. The van der Waals surface area contributed by atoms with Crippen molar-refractivity contribution in [1.29, 1.82) is 0 Å². The average molecular weight is 337 g/mol. The van der Waals surface area contributed by atoms with Gasteiger partial charge in [0, 0.05) is 37.9 Å². The minimum absolute atomic E-state index is 0.0738. The Balaban J connectivity index is 1.51. The number of carbonyl (C=O) groups is 1. The predicted molar refractivity (Wildman–Crippen MR) is 99.9 cm³/mol. The second-order valence-corrected chi connectivity index (χ2v) is 5.98. The Morgan fingerprint density at radius 2 is 2.00 bits per heavy atom. The molecule has 6 heteroatoms. The Morgan fingerprint density at radius 3 is 2.76 bits per heavy atom. The van der Waals surface area contributed by atoms with Crippen molar-refractivity contribution < 1.29 is 4.79 Å². The first-order valence-electron chi connectivity index (χ1n) is 8.56. The molecule has 0 aliphatic rings. The zero-order chi connectivity index (χ0) is 17.6. The molecule has 2 aromatic carbocycles. The summed E-state index contributed by atoms with van der Waals surface area (Å²) < 4.78 is 1.82. The topological polar surface area (TPSA) is 63.1 Å². The molecule has 0 spiro atoms. The van der Waals surface area contributed by atoms with E-state index in [4.69, 9.17) is 0 Å². The van der Waals surface area contributed by atoms with Gasteiger partial charge in [-0.1, -0.05) is 23.4 Å². The molecule has 130 valence electrons. The molecule has 0 atom stereocenters. The lowest BCUT2D eigenvalue weighted by Crippen LogP contribution is -2.28. The fraction of sp³-hybridized carbons (Fsp3) is 0.316. The maximum atomic E-state index is 12.3. The summed E-state index contributed by atoms with van der Waals surface area (Å²) in [6.45, 7) is 4.29. The zero-order valence-corrected chi connectivity index (χ0v) is 14.6. The first-order valence-corrected chi connectivity index (χ1v) is 8.56. The van der Waals surface area contributed by atoms with Crippen molar-refractivity contribution in [1.82, 2.24) is 20.3 Å². The molecule has 0 aliphatic carbocycles. The van der Waals surface area contributed by atoms with Crippen molar-refractivity contribution in [3.8, 4) is 0 Å². The number of fused-ring (bicyclic) bond motifs is 1. The minimum atomic E-state index is -0.0738. The molecule has 1 amide bonds. The van der Waals surface area contributed by atoms with Crippen LogP contribution < -0.4 is 10.2 Å². The first-order chi connectivity index (χ1) is 12.2. The first kappa shape index (κ1) is 17.0. The summed E-state index contributed by atoms with van der Waals surface area (Å²) in [5.41, 5.74) is 3.49. The molecule has 0 fully saturated rings. The highest BCUT2D eigenvalue weighted by molar-refractivity contribution is 5.97. The van der Waals surface area contributed by atoms with Crippen molar-refractivity contribution in [2.24, 2.45) is 0 Å². The molecule has 1 heterocycles. The van der Waals surface area contributed by atoms with E-state index in [2.05, 4.69) is 39.7 Å². The zero-order valence-electron chi connectivity index (χ0n) is 14.6. The summed E-state index contributed by atoms with van der Waals surface area (Å²) in [5, 5.41) is 11.2. The summed E-state index contributed by atoms with van der Waals surface area (Å²) in [6, 6.07) is 15.7. The van der Waals surface area contributed by atoms with E-state index >= 15 is 0 Å². The molecule has 0 unspecified atom stereocenters. The van der Waals surface area contributed by atoms with Gasteiger partial charge in [0.25, 0.3) is 5.91 Å². The van der Waals surface area contributed by atoms with E-state index in [9.17, 15) is 4.79 Å². The molecule has 6 nitrogen and oxygen atoms in total. The number of rotatable bonds is 7. The van der Waals surface area contributed by atoms with Crippen LogP contribution in [0.4, 0.5) is 5.69 Å². The Kier molecular flexibility index (Phi) is 5.28. The molecular formula is C19H23N5O. The lowest BCUT2D eigenvalue weighted by atomic mass is 10.2. The number of hydrogen-bond donors (Lipinski definition) is 1. The normalized spacial score (nSPS) is 10.8. The molecule has 1 aromatic heterocycles. The largest absolute Gasteiger partial charge is 0.375 e. The van der Waals surface area contributed by atoms with Gasteiger partial charge in [0.05, 0.1) is 5.52 Å². The Hall–Kier alpha value is -2.89. The van der Waals surface area contributed by atoms with E-state index in [1.807, 2.05) is 41.9 Å². The third-order valence-electron chi connectivity index (χ3n) is 4.23. The Morgan fingerprint density at radius 1 is 1.20 bits per heavy atom. The molecular weight excluding hydrogens is 314 g/mol. The van der Waals surface area contributed by atoms with E-state index < -0.39 is 0 Å². The van der Waals surface area contributed by atoms with Crippen molar-refractivity contribution in [2.45, 2.75) is 19.9 Å². The van der Waals surface area contributed by atoms with Crippen molar-refractivity contribution in [3.63, 3.8) is 0 Å². The highest BCUT2D eigenvalue weighted by Gasteiger charge is 2.09. The fourth-order valence-corrected chi connectivity index (χ4v) is 2.78. The van der Waals surface area contributed by atoms with Crippen LogP contribution in [0.1, 0.15) is 23.7 Å². The number of nitrogens with one attached hydrogen (secondary N) is 1. The van der Waals surface area contributed by atoms with Gasteiger partial charge in [-0.25, -0.2) is 4.68 Å². The predicted octanol–water partition coefficient (Wildman–Crippen LogP) is 2.71. The van der Waals surface area contributed by atoms with Gasteiger partial charge in [-0.3, -0.25) is 4.79 Å². The van der Waals surface area contributed by atoms with Crippen LogP contribution in [0.5, 0.6) is 0 Å². The van der Waals surface area contributed by atoms with Crippen molar-refractivity contribution in [2.75, 3.05) is 25.0 Å². The van der Waals surface area contributed by atoms with Crippen molar-refractivity contribution >= 4 is 22.6 Å². The van der Waals surface area contributed by atoms with Gasteiger partial charge < -0.3 is 10.2 Å². The lowest BCUT2D eigenvalue weighted by molar-refractivity contribution is 0.0953.